The molecule has 2 aromatic carbocycles. The minimum Gasteiger partial charge on any atom is -0.396 e. The molecule has 0 atom stereocenters. The van der Waals surface area contributed by atoms with Crippen molar-refractivity contribution in [3.05, 3.63) is 63.9 Å². The number of halogens is 2. The summed E-state index contributed by atoms with van der Waals surface area (Å²) in [7, 11) is 0. The lowest BCUT2D eigenvalue weighted by atomic mass is 10.1. The summed E-state index contributed by atoms with van der Waals surface area (Å²) in [5.41, 5.74) is 6.93. The largest absolute Gasteiger partial charge is 0.396 e. The highest BCUT2D eigenvalue weighted by molar-refractivity contribution is 9.10. The van der Waals surface area contributed by atoms with Crippen LogP contribution in [-0.4, -0.2) is 17.4 Å². The van der Waals surface area contributed by atoms with Crippen molar-refractivity contribution >= 4 is 27.5 Å². The molecule has 0 spiro atoms. The van der Waals surface area contributed by atoms with Gasteiger partial charge >= 0.3 is 0 Å². The zero-order valence-electron chi connectivity index (χ0n) is 11.6. The van der Waals surface area contributed by atoms with Crippen LogP contribution in [0.5, 0.6) is 0 Å². The predicted molar refractivity (Wildman–Crippen MR) is 85.4 cm³/mol. The van der Waals surface area contributed by atoms with Gasteiger partial charge in [0.15, 0.2) is 0 Å². The molecule has 3 nitrogen and oxygen atoms in total. The van der Waals surface area contributed by atoms with Gasteiger partial charge < -0.3 is 10.6 Å². The van der Waals surface area contributed by atoms with Crippen LogP contribution in [0.3, 0.4) is 0 Å². The smallest absolute Gasteiger partial charge is 0.255 e. The van der Waals surface area contributed by atoms with Gasteiger partial charge in [0.1, 0.15) is 5.82 Å². The lowest BCUT2D eigenvalue weighted by Gasteiger charge is -2.22. The van der Waals surface area contributed by atoms with Crippen molar-refractivity contribution in [2.24, 2.45) is 0 Å². The molecule has 0 heterocycles. The Balaban J connectivity index is 2.26. The molecule has 0 aliphatic rings. The van der Waals surface area contributed by atoms with Crippen molar-refractivity contribution in [2.75, 3.05) is 12.3 Å². The van der Waals surface area contributed by atoms with E-state index in [0.717, 1.165) is 5.56 Å². The minimum atomic E-state index is -0.537. The fourth-order valence-electron chi connectivity index (χ4n) is 2.03. The Hall–Kier alpha value is -1.88. The van der Waals surface area contributed by atoms with Gasteiger partial charge in [-0.2, -0.15) is 0 Å². The molecule has 21 heavy (non-hydrogen) atoms. The van der Waals surface area contributed by atoms with Crippen LogP contribution in [0, 0.1) is 5.82 Å². The summed E-state index contributed by atoms with van der Waals surface area (Å²) in [4.78, 5) is 14.3. The highest BCUT2D eigenvalue weighted by atomic mass is 79.9. The van der Waals surface area contributed by atoms with Crippen LogP contribution in [0.25, 0.3) is 0 Å². The van der Waals surface area contributed by atoms with Crippen LogP contribution in [0.2, 0.25) is 0 Å². The van der Waals surface area contributed by atoms with Gasteiger partial charge in [-0.15, -0.1) is 0 Å². The Morgan fingerprint density at radius 3 is 2.57 bits per heavy atom. The second-order valence-corrected chi connectivity index (χ2v) is 5.51. The first-order valence-corrected chi connectivity index (χ1v) is 7.40. The number of nitrogen functional groups attached to an aromatic ring is 1. The van der Waals surface area contributed by atoms with Gasteiger partial charge in [0, 0.05) is 17.6 Å². The van der Waals surface area contributed by atoms with E-state index in [9.17, 15) is 9.18 Å². The highest BCUT2D eigenvalue weighted by Crippen LogP contribution is 2.24. The molecule has 110 valence electrons. The van der Waals surface area contributed by atoms with Gasteiger partial charge in [-0.3, -0.25) is 4.79 Å². The van der Waals surface area contributed by atoms with Gasteiger partial charge in [-0.05, 0) is 40.5 Å². The summed E-state index contributed by atoms with van der Waals surface area (Å²) in [6, 6.07) is 12.3. The molecular formula is C16H16BrFN2O. The van der Waals surface area contributed by atoms with E-state index in [1.54, 1.807) is 4.90 Å². The Kier molecular flexibility index (Phi) is 4.96. The summed E-state index contributed by atoms with van der Waals surface area (Å²) in [5, 5.41) is 0. The number of anilines is 1. The summed E-state index contributed by atoms with van der Waals surface area (Å²) >= 11 is 3.22. The standard InChI is InChI=1S/C16H16BrFN2O/c1-2-20(10-11-6-4-3-5-7-11)16(21)12-8-15(19)14(18)9-13(12)17/h3-9H,2,10,19H2,1H3. The lowest BCUT2D eigenvalue weighted by molar-refractivity contribution is 0.0751. The summed E-state index contributed by atoms with van der Waals surface area (Å²) < 4.78 is 13.8. The molecule has 2 rings (SSSR count). The van der Waals surface area contributed by atoms with Gasteiger partial charge in [-0.25, -0.2) is 4.39 Å². The van der Waals surface area contributed by atoms with Gasteiger partial charge in [0.25, 0.3) is 5.91 Å². The molecule has 0 aliphatic carbocycles. The van der Waals surface area contributed by atoms with E-state index in [-0.39, 0.29) is 11.6 Å². The topological polar surface area (TPSA) is 46.3 Å². The maximum atomic E-state index is 13.4. The third-order valence-corrected chi connectivity index (χ3v) is 3.86. The highest BCUT2D eigenvalue weighted by Gasteiger charge is 2.19. The van der Waals surface area contributed by atoms with E-state index in [1.807, 2.05) is 37.3 Å². The number of hydrogen-bond donors (Lipinski definition) is 1. The maximum absolute atomic E-state index is 13.4. The lowest BCUT2D eigenvalue weighted by Crippen LogP contribution is -2.30. The van der Waals surface area contributed by atoms with Crippen LogP contribution < -0.4 is 5.73 Å². The number of rotatable bonds is 4. The molecule has 0 saturated carbocycles. The Labute approximate surface area is 131 Å². The van der Waals surface area contributed by atoms with Crippen LogP contribution in [0.1, 0.15) is 22.8 Å². The number of nitrogens with two attached hydrogens (primary N) is 1. The Bertz CT molecular complexity index is 646. The van der Waals surface area contributed by atoms with Gasteiger partial charge in [0.2, 0.25) is 0 Å². The molecule has 0 saturated heterocycles. The molecule has 5 heteroatoms. The zero-order chi connectivity index (χ0) is 15.4. The molecule has 1 amide bonds. The molecule has 0 radical (unpaired) electrons. The first-order chi connectivity index (χ1) is 10.0. The second kappa shape index (κ2) is 6.72. The number of hydrogen-bond acceptors (Lipinski definition) is 2. The molecule has 2 aromatic rings. The fourth-order valence-corrected chi connectivity index (χ4v) is 2.52. The monoisotopic (exact) mass is 350 g/mol. The predicted octanol–water partition coefficient (Wildman–Crippen LogP) is 3.83. The van der Waals surface area contributed by atoms with E-state index >= 15 is 0 Å². The van der Waals surface area contributed by atoms with Crippen LogP contribution in [0.4, 0.5) is 10.1 Å². The number of amides is 1. The van der Waals surface area contributed by atoms with E-state index in [2.05, 4.69) is 15.9 Å². The van der Waals surface area contributed by atoms with Crippen LogP contribution in [-0.2, 0) is 6.54 Å². The fraction of sp³-hybridized carbons (Fsp3) is 0.188. The number of nitrogens with zero attached hydrogens (tertiary/aromatic N) is 1. The molecule has 0 aromatic heterocycles. The van der Waals surface area contributed by atoms with E-state index in [4.69, 9.17) is 5.73 Å². The summed E-state index contributed by atoms with van der Waals surface area (Å²) in [6.07, 6.45) is 0. The van der Waals surface area contributed by atoms with Crippen molar-refractivity contribution < 1.29 is 9.18 Å². The third-order valence-electron chi connectivity index (χ3n) is 3.20. The SMILES string of the molecule is CCN(Cc1ccccc1)C(=O)c1cc(N)c(F)cc1Br. The van der Waals surface area contributed by atoms with Gasteiger partial charge in [0.05, 0.1) is 11.3 Å². The van der Waals surface area contributed by atoms with Crippen LogP contribution >= 0.6 is 15.9 Å². The van der Waals surface area contributed by atoms with E-state index in [1.165, 1.54) is 12.1 Å². The van der Waals surface area contributed by atoms with Gasteiger partial charge in [-0.1, -0.05) is 30.3 Å². The summed E-state index contributed by atoms with van der Waals surface area (Å²) in [5.74, 6) is -0.718. The molecule has 0 aliphatic heterocycles. The van der Waals surface area contributed by atoms with E-state index < -0.39 is 5.82 Å². The molecule has 2 N–H and O–H groups in total. The number of benzene rings is 2. The zero-order valence-corrected chi connectivity index (χ0v) is 13.2. The normalized spacial score (nSPS) is 10.4. The quantitative estimate of drug-likeness (QED) is 0.851. The minimum absolute atomic E-state index is 0.0303. The van der Waals surface area contributed by atoms with Crippen molar-refractivity contribution in [3.8, 4) is 0 Å². The Morgan fingerprint density at radius 2 is 1.95 bits per heavy atom. The molecule has 0 unspecified atom stereocenters. The van der Waals surface area contributed by atoms with Crippen molar-refractivity contribution in [1.29, 1.82) is 0 Å². The van der Waals surface area contributed by atoms with Crippen molar-refractivity contribution in [3.63, 3.8) is 0 Å². The average molecular weight is 351 g/mol. The van der Waals surface area contributed by atoms with Crippen LogP contribution in [0.15, 0.2) is 46.9 Å². The number of carbonyl (C=O) groups is 1. The van der Waals surface area contributed by atoms with E-state index in [0.29, 0.717) is 23.1 Å². The molecular weight excluding hydrogens is 335 g/mol. The molecule has 0 fully saturated rings. The maximum Gasteiger partial charge on any atom is 0.255 e. The first-order valence-electron chi connectivity index (χ1n) is 6.60. The Morgan fingerprint density at radius 1 is 1.29 bits per heavy atom. The number of carbonyl (C=O) groups excluding carboxylic acids is 1. The van der Waals surface area contributed by atoms with Crippen molar-refractivity contribution in [2.45, 2.75) is 13.5 Å². The second-order valence-electron chi connectivity index (χ2n) is 4.66. The van der Waals surface area contributed by atoms with Crippen molar-refractivity contribution in [1.82, 2.24) is 4.90 Å². The average Bonchev–Trinajstić information content (AvgIpc) is 2.49. The first kappa shape index (κ1) is 15.5. The summed E-state index contributed by atoms with van der Waals surface area (Å²) in [6.45, 7) is 2.96. The third kappa shape index (κ3) is 3.61. The molecule has 0 bridgehead atoms.